The fourth-order valence-corrected chi connectivity index (χ4v) is 1.10. The van der Waals surface area contributed by atoms with Crippen LogP contribution in [0.2, 0.25) is 0 Å². The zero-order valence-corrected chi connectivity index (χ0v) is 9.42. The number of hydrogen-bond acceptors (Lipinski definition) is 2. The van der Waals surface area contributed by atoms with E-state index < -0.39 is 0 Å². The van der Waals surface area contributed by atoms with E-state index in [4.69, 9.17) is 24.4 Å². The molecule has 64 valence electrons. The molecule has 0 bridgehead atoms. The average molecular weight is 226 g/mol. The zero-order valence-electron chi connectivity index (χ0n) is 6.00. The van der Waals surface area contributed by atoms with Crippen molar-refractivity contribution in [1.29, 1.82) is 0 Å². The van der Waals surface area contributed by atoms with Crippen LogP contribution >= 0.6 is 49.7 Å². The maximum absolute atomic E-state index is 4.73. The lowest BCUT2D eigenvalue weighted by Crippen LogP contribution is -2.38. The topological polar surface area (TPSA) is 24.1 Å². The van der Waals surface area contributed by atoms with Crippen LogP contribution in [0.1, 0.15) is 6.92 Å². The highest BCUT2D eigenvalue weighted by atomic mass is 32.1. The van der Waals surface area contributed by atoms with Crippen molar-refractivity contribution in [2.24, 2.45) is 0 Å². The van der Waals surface area contributed by atoms with Crippen molar-refractivity contribution in [2.45, 2.75) is 13.0 Å². The van der Waals surface area contributed by atoms with E-state index >= 15 is 0 Å². The summed E-state index contributed by atoms with van der Waals surface area (Å²) in [6.07, 6.45) is 0. The van der Waals surface area contributed by atoms with Gasteiger partial charge in [-0.15, -0.1) is 25.3 Å². The number of nitrogens with one attached hydrogen (secondary N) is 2. The number of thiocarbonyl (C=S) groups is 2. The molecular formula is C5H10N2S4. The van der Waals surface area contributed by atoms with Crippen LogP contribution in [0.25, 0.3) is 0 Å². The molecule has 0 aromatic heterocycles. The van der Waals surface area contributed by atoms with E-state index in [2.05, 4.69) is 35.9 Å². The van der Waals surface area contributed by atoms with Gasteiger partial charge >= 0.3 is 0 Å². The Hall–Kier alpha value is 0.480. The molecule has 1 unspecified atom stereocenters. The minimum Gasteiger partial charge on any atom is -0.369 e. The summed E-state index contributed by atoms with van der Waals surface area (Å²) in [7, 11) is 0. The van der Waals surface area contributed by atoms with Crippen molar-refractivity contribution in [3.05, 3.63) is 0 Å². The molecule has 2 N–H and O–H groups in total. The minimum atomic E-state index is 0.213. The van der Waals surface area contributed by atoms with Crippen molar-refractivity contribution < 1.29 is 0 Å². The van der Waals surface area contributed by atoms with E-state index in [1.165, 1.54) is 0 Å². The van der Waals surface area contributed by atoms with E-state index in [1.54, 1.807) is 0 Å². The lowest BCUT2D eigenvalue weighted by atomic mass is 10.3. The first-order valence-corrected chi connectivity index (χ1v) is 4.69. The Labute approximate surface area is 88.3 Å². The van der Waals surface area contributed by atoms with Crippen LogP contribution in [0.5, 0.6) is 0 Å². The third kappa shape index (κ3) is 8.39. The summed E-state index contributed by atoms with van der Waals surface area (Å²) in [4.78, 5) is 0. The Morgan fingerprint density at radius 1 is 1.36 bits per heavy atom. The molecule has 6 heteroatoms. The quantitative estimate of drug-likeness (QED) is 0.426. The molecule has 0 aromatic carbocycles. The summed E-state index contributed by atoms with van der Waals surface area (Å²) in [6, 6.07) is 0.213. The van der Waals surface area contributed by atoms with Crippen LogP contribution in [0.15, 0.2) is 0 Å². The van der Waals surface area contributed by atoms with E-state index in [1.807, 2.05) is 6.92 Å². The molecule has 0 aliphatic carbocycles. The highest BCUT2D eigenvalue weighted by Gasteiger charge is 2.00. The molecule has 0 saturated heterocycles. The van der Waals surface area contributed by atoms with Crippen LogP contribution in [-0.4, -0.2) is 21.2 Å². The van der Waals surface area contributed by atoms with Gasteiger partial charge in [-0.25, -0.2) is 0 Å². The van der Waals surface area contributed by atoms with Gasteiger partial charge in [0.05, 0.1) is 0 Å². The predicted molar refractivity (Wildman–Crippen MR) is 63.8 cm³/mol. The van der Waals surface area contributed by atoms with Gasteiger partial charge in [0, 0.05) is 12.6 Å². The Morgan fingerprint density at radius 2 is 1.91 bits per heavy atom. The molecule has 1 atom stereocenters. The summed E-state index contributed by atoms with van der Waals surface area (Å²) in [5.41, 5.74) is 0. The smallest absolute Gasteiger partial charge is 0.130 e. The molecule has 0 rings (SSSR count). The molecule has 0 aromatic rings. The molecule has 0 heterocycles. The van der Waals surface area contributed by atoms with Crippen LogP contribution in [0.4, 0.5) is 0 Å². The monoisotopic (exact) mass is 226 g/mol. The summed E-state index contributed by atoms with van der Waals surface area (Å²) in [5, 5.41) is 5.83. The SMILES string of the molecule is CC(CNC(=S)S)NC(=S)S. The lowest BCUT2D eigenvalue weighted by Gasteiger charge is -2.13. The lowest BCUT2D eigenvalue weighted by molar-refractivity contribution is 0.653. The van der Waals surface area contributed by atoms with Gasteiger partial charge in [0.1, 0.15) is 8.64 Å². The Morgan fingerprint density at radius 3 is 2.27 bits per heavy atom. The molecule has 2 nitrogen and oxygen atoms in total. The third-order valence-corrected chi connectivity index (χ3v) is 1.48. The maximum atomic E-state index is 4.73. The molecular weight excluding hydrogens is 216 g/mol. The molecule has 11 heavy (non-hydrogen) atoms. The van der Waals surface area contributed by atoms with Gasteiger partial charge in [0.2, 0.25) is 0 Å². The van der Waals surface area contributed by atoms with Gasteiger partial charge in [-0.05, 0) is 6.92 Å². The summed E-state index contributed by atoms with van der Waals surface area (Å²) >= 11 is 17.3. The van der Waals surface area contributed by atoms with Gasteiger partial charge in [-0.3, -0.25) is 0 Å². The van der Waals surface area contributed by atoms with Crippen LogP contribution in [0.3, 0.4) is 0 Å². The van der Waals surface area contributed by atoms with Gasteiger partial charge in [-0.1, -0.05) is 24.4 Å². The summed E-state index contributed by atoms with van der Waals surface area (Å²) in [5.74, 6) is 0. The third-order valence-electron chi connectivity index (χ3n) is 0.929. The second-order valence-corrected chi connectivity index (χ2v) is 4.35. The van der Waals surface area contributed by atoms with Crippen molar-refractivity contribution in [1.82, 2.24) is 10.6 Å². The van der Waals surface area contributed by atoms with E-state index in [9.17, 15) is 0 Å². The molecule has 0 amide bonds. The molecule has 0 spiro atoms. The van der Waals surface area contributed by atoms with E-state index in [0.29, 0.717) is 15.2 Å². The first-order valence-electron chi connectivity index (χ1n) is 2.98. The second-order valence-electron chi connectivity index (χ2n) is 2.04. The Kier molecular flexibility index (Phi) is 6.31. The summed E-state index contributed by atoms with van der Waals surface area (Å²) in [6.45, 7) is 2.67. The molecule has 0 fully saturated rings. The second kappa shape index (κ2) is 6.05. The van der Waals surface area contributed by atoms with Crippen molar-refractivity contribution in [2.75, 3.05) is 6.54 Å². The fraction of sp³-hybridized carbons (Fsp3) is 0.600. The predicted octanol–water partition coefficient (Wildman–Crippen LogP) is 0.983. The molecule has 0 saturated carbocycles. The van der Waals surface area contributed by atoms with Crippen molar-refractivity contribution in [3.8, 4) is 0 Å². The van der Waals surface area contributed by atoms with Gasteiger partial charge in [0.15, 0.2) is 0 Å². The van der Waals surface area contributed by atoms with Gasteiger partial charge in [0.25, 0.3) is 0 Å². The zero-order chi connectivity index (χ0) is 8.85. The Bertz CT molecular complexity index is 159. The number of hydrogen-bond donors (Lipinski definition) is 4. The van der Waals surface area contributed by atoms with E-state index in [-0.39, 0.29) is 6.04 Å². The molecule has 0 aliphatic rings. The van der Waals surface area contributed by atoms with E-state index in [0.717, 1.165) is 0 Å². The van der Waals surface area contributed by atoms with Crippen molar-refractivity contribution >= 4 is 58.3 Å². The maximum Gasteiger partial charge on any atom is 0.130 e. The number of rotatable bonds is 3. The Balaban J connectivity index is 3.44. The normalized spacial score (nSPS) is 11.9. The summed E-state index contributed by atoms with van der Waals surface area (Å²) < 4.78 is 0.980. The minimum absolute atomic E-state index is 0.213. The fourth-order valence-electron chi connectivity index (χ4n) is 0.502. The molecule has 0 aliphatic heterocycles. The largest absolute Gasteiger partial charge is 0.369 e. The van der Waals surface area contributed by atoms with Gasteiger partial charge < -0.3 is 10.6 Å². The highest BCUT2D eigenvalue weighted by molar-refractivity contribution is 8.11. The number of thiol groups is 2. The van der Waals surface area contributed by atoms with Gasteiger partial charge in [-0.2, -0.15) is 0 Å². The van der Waals surface area contributed by atoms with Crippen LogP contribution < -0.4 is 10.6 Å². The average Bonchev–Trinajstić information content (AvgIpc) is 1.82. The molecule has 0 radical (unpaired) electrons. The first-order chi connectivity index (χ1) is 5.02. The highest BCUT2D eigenvalue weighted by Crippen LogP contribution is 1.85. The van der Waals surface area contributed by atoms with Crippen LogP contribution in [0, 0.1) is 0 Å². The first kappa shape index (κ1) is 11.5. The van der Waals surface area contributed by atoms with Crippen LogP contribution in [-0.2, 0) is 0 Å². The standard InChI is InChI=1S/C5H10N2S4/c1-3(7-5(10)11)2-6-4(8)9/h3H,2H2,1H3,(H2,6,8,9)(H2,7,10,11). The van der Waals surface area contributed by atoms with Crippen molar-refractivity contribution in [3.63, 3.8) is 0 Å².